The summed E-state index contributed by atoms with van der Waals surface area (Å²) in [4.78, 5) is 17.5. The van der Waals surface area contributed by atoms with Gasteiger partial charge in [-0.15, -0.1) is 5.06 Å². The lowest BCUT2D eigenvalue weighted by molar-refractivity contribution is -0.784. The van der Waals surface area contributed by atoms with E-state index in [0.29, 0.717) is 10.7 Å². The van der Waals surface area contributed by atoms with Crippen molar-refractivity contribution in [3.05, 3.63) is 63.3 Å². The van der Waals surface area contributed by atoms with E-state index in [2.05, 4.69) is 5.10 Å². The first kappa shape index (κ1) is 15.6. The van der Waals surface area contributed by atoms with Crippen molar-refractivity contribution in [1.29, 1.82) is 0 Å². The van der Waals surface area contributed by atoms with Gasteiger partial charge >= 0.3 is 5.97 Å². The average Bonchev–Trinajstić information content (AvgIpc) is 2.51. The van der Waals surface area contributed by atoms with Crippen LogP contribution in [-0.2, 0) is 4.84 Å². The third-order valence-corrected chi connectivity index (χ3v) is 3.65. The maximum atomic E-state index is 12.3. The van der Waals surface area contributed by atoms with Crippen molar-refractivity contribution in [3.63, 3.8) is 0 Å². The summed E-state index contributed by atoms with van der Waals surface area (Å²) in [7, 11) is 0. The number of rotatable bonds is 2. The van der Waals surface area contributed by atoms with E-state index < -0.39 is 11.1 Å². The van der Waals surface area contributed by atoms with E-state index in [1.165, 1.54) is 18.2 Å². The fraction of sp³-hybridized carbons (Fsp3) is 0. The number of fused-ring (bicyclic) bond motifs is 1. The van der Waals surface area contributed by atoms with Gasteiger partial charge in [-0.2, -0.15) is 0 Å². The van der Waals surface area contributed by atoms with Crippen molar-refractivity contribution < 1.29 is 14.8 Å². The molecule has 118 valence electrons. The third-order valence-electron chi connectivity index (χ3n) is 3.10. The number of benzene rings is 2. The number of anilines is 1. The maximum Gasteiger partial charge on any atom is 0.365 e. The highest BCUT2D eigenvalue weighted by Gasteiger charge is 2.29. The second-order valence-electron chi connectivity index (χ2n) is 4.59. The van der Waals surface area contributed by atoms with Gasteiger partial charge in [-0.3, -0.25) is 0 Å². The number of hydrogen-bond acceptors (Lipinski definition) is 6. The Morgan fingerprint density at radius 2 is 2.00 bits per heavy atom. The molecular weight excluding hydrogens is 343 g/mol. The second kappa shape index (κ2) is 6.05. The Morgan fingerprint density at radius 1 is 1.26 bits per heavy atom. The van der Waals surface area contributed by atoms with Crippen LogP contribution in [0.2, 0.25) is 10.0 Å². The number of para-hydroxylation sites is 1. The summed E-state index contributed by atoms with van der Waals surface area (Å²) in [6.45, 7) is 0. The number of quaternary nitrogens is 1. The summed E-state index contributed by atoms with van der Waals surface area (Å²) < 4.78 is 0. The molecule has 2 aromatic rings. The van der Waals surface area contributed by atoms with E-state index in [1.54, 1.807) is 24.3 Å². The molecule has 1 aliphatic rings. The van der Waals surface area contributed by atoms with Gasteiger partial charge in [0.15, 0.2) is 5.69 Å². The molecule has 3 rings (SSSR count). The van der Waals surface area contributed by atoms with Crippen LogP contribution < -0.4 is 16.0 Å². The molecule has 23 heavy (non-hydrogen) atoms. The Bertz CT molecular complexity index is 812. The minimum Gasteiger partial charge on any atom is -0.601 e. The number of nitrogens with zero attached hydrogens (tertiary/aromatic N) is 2. The SMILES string of the molecule is NC1=N[NH+]([O-])c2ccccc2N1OC(=O)c1ccc(Cl)cc1Cl. The largest absolute Gasteiger partial charge is 0.601 e. The van der Waals surface area contributed by atoms with Crippen LogP contribution in [0.1, 0.15) is 10.4 Å². The van der Waals surface area contributed by atoms with Gasteiger partial charge in [0.25, 0.3) is 5.96 Å². The normalized spacial score (nSPS) is 16.6. The fourth-order valence-electron chi connectivity index (χ4n) is 2.05. The molecule has 3 N–H and O–H groups in total. The standard InChI is InChI=1S/C14H10Cl2N4O3/c15-8-5-6-9(10(16)7-8)13(21)23-19-11-3-1-2-4-12(11)20(22)18-14(19)17/h1-7,20H,(H2,17,18). The maximum absolute atomic E-state index is 12.3. The molecule has 1 aliphatic heterocycles. The summed E-state index contributed by atoms with van der Waals surface area (Å²) in [6.07, 6.45) is 0. The molecule has 0 radical (unpaired) electrons. The molecule has 1 heterocycles. The third kappa shape index (κ3) is 2.95. The van der Waals surface area contributed by atoms with Gasteiger partial charge in [0, 0.05) is 11.1 Å². The van der Waals surface area contributed by atoms with E-state index >= 15 is 0 Å². The number of nitrogens with two attached hydrogens (primary N) is 1. The predicted molar refractivity (Wildman–Crippen MR) is 86.4 cm³/mol. The van der Waals surface area contributed by atoms with Gasteiger partial charge in [0.2, 0.25) is 0 Å². The lowest BCUT2D eigenvalue weighted by Gasteiger charge is -2.29. The van der Waals surface area contributed by atoms with Crippen molar-refractivity contribution in [2.45, 2.75) is 0 Å². The quantitative estimate of drug-likeness (QED) is 0.804. The van der Waals surface area contributed by atoms with Crippen LogP contribution in [0.25, 0.3) is 0 Å². The smallest absolute Gasteiger partial charge is 0.365 e. The lowest BCUT2D eigenvalue weighted by atomic mass is 10.2. The Hall–Kier alpha value is -2.32. The number of hydrogen-bond donors (Lipinski definition) is 2. The first-order chi connectivity index (χ1) is 11.0. The van der Waals surface area contributed by atoms with Crippen molar-refractivity contribution in [2.75, 3.05) is 5.06 Å². The summed E-state index contributed by atoms with van der Waals surface area (Å²) in [5.74, 6) is -0.999. The lowest BCUT2D eigenvalue weighted by Crippen LogP contribution is -2.98. The molecule has 0 aromatic heterocycles. The average molecular weight is 353 g/mol. The van der Waals surface area contributed by atoms with Gasteiger partial charge in [-0.05, 0) is 29.4 Å². The van der Waals surface area contributed by atoms with Gasteiger partial charge < -0.3 is 15.8 Å². The van der Waals surface area contributed by atoms with Crippen LogP contribution in [-0.4, -0.2) is 11.9 Å². The van der Waals surface area contributed by atoms with Crippen LogP contribution in [0.3, 0.4) is 0 Å². The number of carbonyl (C=O) groups is 1. The Balaban J connectivity index is 1.92. The zero-order valence-corrected chi connectivity index (χ0v) is 13.0. The van der Waals surface area contributed by atoms with E-state index in [-0.39, 0.29) is 22.2 Å². The molecule has 7 nitrogen and oxygen atoms in total. The zero-order valence-electron chi connectivity index (χ0n) is 11.5. The molecular formula is C14H10Cl2N4O3. The molecule has 1 atom stereocenters. The van der Waals surface area contributed by atoms with Gasteiger partial charge in [-0.25, -0.2) is 9.97 Å². The van der Waals surface area contributed by atoms with Crippen LogP contribution >= 0.6 is 23.2 Å². The molecule has 0 bridgehead atoms. The minimum absolute atomic E-state index is 0.109. The van der Waals surface area contributed by atoms with Crippen molar-refractivity contribution in [2.24, 2.45) is 10.8 Å². The van der Waals surface area contributed by atoms with Crippen molar-refractivity contribution in [3.8, 4) is 0 Å². The van der Waals surface area contributed by atoms with Crippen molar-refractivity contribution in [1.82, 2.24) is 0 Å². The van der Waals surface area contributed by atoms with Crippen LogP contribution in [0, 0.1) is 5.21 Å². The molecule has 0 fully saturated rings. The minimum atomic E-state index is -0.756. The number of nitrogens with one attached hydrogen (secondary N) is 1. The summed E-state index contributed by atoms with van der Waals surface area (Å²) in [5.41, 5.74) is 6.40. The second-order valence-corrected chi connectivity index (χ2v) is 5.43. The Labute approximate surface area is 141 Å². The highest BCUT2D eigenvalue weighted by Crippen LogP contribution is 2.27. The molecule has 0 saturated carbocycles. The summed E-state index contributed by atoms with van der Waals surface area (Å²) in [5, 5.41) is 16.5. The van der Waals surface area contributed by atoms with E-state index in [4.69, 9.17) is 33.8 Å². The van der Waals surface area contributed by atoms with Gasteiger partial charge in [0.1, 0.15) is 5.69 Å². The van der Waals surface area contributed by atoms with E-state index in [0.717, 1.165) is 5.06 Å². The molecule has 2 aromatic carbocycles. The molecule has 9 heteroatoms. The number of halogens is 2. The van der Waals surface area contributed by atoms with Crippen molar-refractivity contribution >= 4 is 46.5 Å². The first-order valence-corrected chi connectivity index (χ1v) is 7.18. The molecule has 0 aliphatic carbocycles. The topological polar surface area (TPSA) is 95.4 Å². The molecule has 0 amide bonds. The van der Waals surface area contributed by atoms with Crippen LogP contribution in [0.5, 0.6) is 0 Å². The summed E-state index contributed by atoms with van der Waals surface area (Å²) in [6, 6.07) is 10.9. The van der Waals surface area contributed by atoms with Gasteiger partial charge in [0.05, 0.1) is 10.6 Å². The summed E-state index contributed by atoms with van der Waals surface area (Å²) >= 11 is 11.8. The zero-order chi connectivity index (χ0) is 16.6. The number of guanidine groups is 1. The van der Waals surface area contributed by atoms with E-state index in [9.17, 15) is 10.0 Å². The van der Waals surface area contributed by atoms with Crippen LogP contribution in [0.15, 0.2) is 47.6 Å². The highest BCUT2D eigenvalue weighted by molar-refractivity contribution is 6.36. The predicted octanol–water partition coefficient (Wildman–Crippen LogP) is 1.83. The van der Waals surface area contributed by atoms with Crippen LogP contribution in [0.4, 0.5) is 11.4 Å². The Morgan fingerprint density at radius 3 is 2.74 bits per heavy atom. The van der Waals surface area contributed by atoms with E-state index in [1.807, 2.05) is 0 Å². The molecule has 0 spiro atoms. The van der Waals surface area contributed by atoms with Gasteiger partial charge in [-0.1, -0.05) is 35.3 Å². The molecule has 1 unspecified atom stereocenters. The first-order valence-electron chi connectivity index (χ1n) is 6.42. The number of carbonyl (C=O) groups excluding carboxylic acids is 1. The molecule has 0 saturated heterocycles. The highest BCUT2D eigenvalue weighted by atomic mass is 35.5. The fourth-order valence-corrected chi connectivity index (χ4v) is 2.53. The Kier molecular flexibility index (Phi) is 4.10. The number of hydroxylamine groups is 1. The monoisotopic (exact) mass is 352 g/mol.